The number of furan rings is 1. The molecule has 1 aliphatic rings. The van der Waals surface area contributed by atoms with Crippen molar-refractivity contribution in [2.45, 2.75) is 42.3 Å². The number of aliphatic hydroxyl groups is 1. The first-order valence-corrected chi connectivity index (χ1v) is 15.9. The SMILES string of the molecule is COc1cccc2cc(C(=O)C3=C(O)C(=O)N(c4nnc(SCc5ccc(Cl)cc5)s4)C3c3ccc(C(C)(C)C)cc3)oc12. The molecule has 2 aromatic heterocycles. The zero-order valence-electron chi connectivity index (χ0n) is 24.3. The van der Waals surface area contributed by atoms with Gasteiger partial charge < -0.3 is 14.3 Å². The van der Waals surface area contributed by atoms with Crippen molar-refractivity contribution < 1.29 is 23.8 Å². The Balaban J connectivity index is 1.38. The number of para-hydroxylation sites is 1. The minimum atomic E-state index is -0.957. The number of thioether (sulfide) groups is 1. The van der Waals surface area contributed by atoms with E-state index in [4.69, 9.17) is 20.8 Å². The molecule has 1 atom stereocenters. The number of rotatable bonds is 8. The number of benzene rings is 3. The molecule has 0 saturated carbocycles. The number of ketones is 1. The van der Waals surface area contributed by atoms with Crippen LogP contribution in [0.5, 0.6) is 5.75 Å². The van der Waals surface area contributed by atoms with Gasteiger partial charge in [-0.15, -0.1) is 10.2 Å². The third-order valence-corrected chi connectivity index (χ3v) is 9.75. The molecule has 3 aromatic carbocycles. The first-order valence-electron chi connectivity index (χ1n) is 13.7. The molecule has 0 saturated heterocycles. The minimum Gasteiger partial charge on any atom is -0.503 e. The fourth-order valence-corrected chi connectivity index (χ4v) is 6.99. The number of hydrogen-bond acceptors (Lipinski definition) is 9. The summed E-state index contributed by atoms with van der Waals surface area (Å²) in [5.41, 5.74) is 2.97. The number of fused-ring (bicyclic) bond motifs is 1. The van der Waals surface area contributed by atoms with Gasteiger partial charge in [-0.3, -0.25) is 14.5 Å². The molecule has 1 unspecified atom stereocenters. The number of halogens is 1. The number of Topliss-reactive ketones (excluding diaryl/α,β-unsaturated/α-hetero) is 1. The molecular formula is C33H28ClN3O5S2. The molecule has 0 aliphatic carbocycles. The number of aromatic nitrogens is 2. The maximum absolute atomic E-state index is 14.1. The summed E-state index contributed by atoms with van der Waals surface area (Å²) >= 11 is 8.69. The Kier molecular flexibility index (Phi) is 8.00. The molecule has 0 spiro atoms. The number of anilines is 1. The zero-order chi connectivity index (χ0) is 31.2. The first kappa shape index (κ1) is 29.9. The van der Waals surface area contributed by atoms with Gasteiger partial charge in [0.2, 0.25) is 10.9 Å². The second-order valence-electron chi connectivity index (χ2n) is 11.3. The first-order chi connectivity index (χ1) is 21.0. The molecule has 3 heterocycles. The monoisotopic (exact) mass is 645 g/mol. The molecule has 1 N–H and O–H groups in total. The van der Waals surface area contributed by atoms with E-state index in [2.05, 4.69) is 31.0 Å². The van der Waals surface area contributed by atoms with E-state index in [1.165, 1.54) is 35.1 Å². The molecule has 224 valence electrons. The largest absolute Gasteiger partial charge is 0.503 e. The molecule has 11 heteroatoms. The molecule has 8 nitrogen and oxygen atoms in total. The lowest BCUT2D eigenvalue weighted by molar-refractivity contribution is -0.117. The summed E-state index contributed by atoms with van der Waals surface area (Å²) in [4.78, 5) is 29.1. The van der Waals surface area contributed by atoms with Gasteiger partial charge in [0.25, 0.3) is 5.91 Å². The second-order valence-corrected chi connectivity index (χ2v) is 13.9. The maximum Gasteiger partial charge on any atom is 0.296 e. The van der Waals surface area contributed by atoms with Crippen LogP contribution < -0.4 is 9.64 Å². The third kappa shape index (κ3) is 5.60. The normalized spacial score (nSPS) is 15.4. The van der Waals surface area contributed by atoms with Gasteiger partial charge in [-0.2, -0.15) is 0 Å². The average molecular weight is 646 g/mol. The highest BCUT2D eigenvalue weighted by molar-refractivity contribution is 8.00. The Hall–Kier alpha value is -4.12. The van der Waals surface area contributed by atoms with Crippen molar-refractivity contribution in [3.05, 3.63) is 112 Å². The van der Waals surface area contributed by atoms with Crippen LogP contribution in [0.2, 0.25) is 5.02 Å². The van der Waals surface area contributed by atoms with Gasteiger partial charge in [0, 0.05) is 16.2 Å². The molecule has 1 aliphatic heterocycles. The van der Waals surface area contributed by atoms with Gasteiger partial charge in [0.1, 0.15) is 0 Å². The van der Waals surface area contributed by atoms with Gasteiger partial charge in [0.05, 0.1) is 18.7 Å². The van der Waals surface area contributed by atoms with Crippen molar-refractivity contribution in [1.82, 2.24) is 10.2 Å². The quantitative estimate of drug-likeness (QED) is 0.102. The lowest BCUT2D eigenvalue weighted by Gasteiger charge is -2.25. The fourth-order valence-electron chi connectivity index (χ4n) is 5.04. The summed E-state index contributed by atoms with van der Waals surface area (Å²) in [7, 11) is 1.52. The van der Waals surface area contributed by atoms with E-state index in [1.54, 1.807) is 24.3 Å². The predicted molar refractivity (Wildman–Crippen MR) is 173 cm³/mol. The Morgan fingerprint density at radius 2 is 1.82 bits per heavy atom. The maximum atomic E-state index is 14.1. The van der Waals surface area contributed by atoms with E-state index < -0.39 is 23.5 Å². The fraction of sp³-hybridized carbons (Fsp3) is 0.212. The van der Waals surface area contributed by atoms with Crippen LogP contribution in [0.4, 0.5) is 5.13 Å². The Morgan fingerprint density at radius 3 is 2.50 bits per heavy atom. The highest BCUT2D eigenvalue weighted by Crippen LogP contribution is 2.45. The molecule has 5 aromatic rings. The van der Waals surface area contributed by atoms with E-state index in [9.17, 15) is 14.7 Å². The predicted octanol–water partition coefficient (Wildman–Crippen LogP) is 8.32. The average Bonchev–Trinajstić information content (AvgIpc) is 3.72. The highest BCUT2D eigenvalue weighted by Gasteiger charge is 2.47. The number of nitrogens with zero attached hydrogens (tertiary/aromatic N) is 3. The summed E-state index contributed by atoms with van der Waals surface area (Å²) < 4.78 is 12.0. The van der Waals surface area contributed by atoms with Crippen LogP contribution in [-0.2, 0) is 16.0 Å². The van der Waals surface area contributed by atoms with Crippen LogP contribution in [0.15, 0.2) is 92.9 Å². The number of methoxy groups -OCH3 is 1. The van der Waals surface area contributed by atoms with E-state index in [0.717, 1.165) is 11.1 Å². The van der Waals surface area contributed by atoms with Crippen molar-refractivity contribution in [2.75, 3.05) is 12.0 Å². The van der Waals surface area contributed by atoms with Crippen LogP contribution in [0.3, 0.4) is 0 Å². The standard InChI is InChI=1S/C33H28ClN3O5S2/c1-33(2,3)21-12-10-19(11-13-21)26-25(27(38)24-16-20-6-5-7-23(41-4)29(20)42-24)28(39)30(40)37(26)31-35-36-32(44-31)43-17-18-8-14-22(34)15-9-18/h5-16,26,39H,17H2,1-4H3. The smallest absolute Gasteiger partial charge is 0.296 e. The summed E-state index contributed by atoms with van der Waals surface area (Å²) in [5.74, 6) is -0.928. The highest BCUT2D eigenvalue weighted by atomic mass is 35.5. The Bertz CT molecular complexity index is 1910. The Morgan fingerprint density at radius 1 is 1.09 bits per heavy atom. The number of amides is 1. The van der Waals surface area contributed by atoms with Gasteiger partial charge in [-0.05, 0) is 46.4 Å². The minimum absolute atomic E-state index is 0.0199. The summed E-state index contributed by atoms with van der Waals surface area (Å²) in [5, 5.41) is 21.4. The van der Waals surface area contributed by atoms with Crippen LogP contribution in [-0.4, -0.2) is 34.1 Å². The van der Waals surface area contributed by atoms with Gasteiger partial charge >= 0.3 is 0 Å². The molecular weight excluding hydrogens is 618 g/mol. The lowest BCUT2D eigenvalue weighted by atomic mass is 9.85. The molecule has 44 heavy (non-hydrogen) atoms. The van der Waals surface area contributed by atoms with Gasteiger partial charge in [0.15, 0.2) is 27.2 Å². The number of aliphatic hydroxyl groups excluding tert-OH is 1. The van der Waals surface area contributed by atoms with Crippen LogP contribution >= 0.6 is 34.7 Å². The van der Waals surface area contributed by atoms with Crippen LogP contribution in [0.25, 0.3) is 11.0 Å². The summed E-state index contributed by atoms with van der Waals surface area (Å²) in [6, 6.07) is 21.2. The molecule has 0 radical (unpaired) electrons. The van der Waals surface area contributed by atoms with E-state index >= 15 is 0 Å². The van der Waals surface area contributed by atoms with Crippen molar-refractivity contribution >= 4 is 62.5 Å². The van der Waals surface area contributed by atoms with E-state index in [-0.39, 0.29) is 21.9 Å². The zero-order valence-corrected chi connectivity index (χ0v) is 26.7. The second kappa shape index (κ2) is 11.8. The Labute approximate surface area is 267 Å². The molecule has 1 amide bonds. The topological polar surface area (TPSA) is 106 Å². The van der Waals surface area contributed by atoms with E-state index in [1.807, 2.05) is 48.5 Å². The van der Waals surface area contributed by atoms with Gasteiger partial charge in [-0.1, -0.05) is 104 Å². The lowest BCUT2D eigenvalue weighted by Crippen LogP contribution is -2.31. The van der Waals surface area contributed by atoms with Gasteiger partial charge in [-0.25, -0.2) is 0 Å². The third-order valence-electron chi connectivity index (χ3n) is 7.37. The van der Waals surface area contributed by atoms with Crippen LogP contribution in [0, 0.1) is 0 Å². The number of ether oxygens (including phenoxy) is 1. The van der Waals surface area contributed by atoms with Crippen molar-refractivity contribution in [3.8, 4) is 5.75 Å². The molecule has 6 rings (SSSR count). The van der Waals surface area contributed by atoms with E-state index in [0.29, 0.717) is 37.4 Å². The number of carbonyl (C=O) groups excluding carboxylic acids is 2. The number of hydrogen-bond donors (Lipinski definition) is 1. The van der Waals surface area contributed by atoms with Crippen molar-refractivity contribution in [2.24, 2.45) is 0 Å². The number of carbonyl (C=O) groups is 2. The summed E-state index contributed by atoms with van der Waals surface area (Å²) in [6.07, 6.45) is 0. The van der Waals surface area contributed by atoms with Crippen molar-refractivity contribution in [3.63, 3.8) is 0 Å². The summed E-state index contributed by atoms with van der Waals surface area (Å²) in [6.45, 7) is 6.32. The van der Waals surface area contributed by atoms with Crippen molar-refractivity contribution in [1.29, 1.82) is 0 Å². The molecule has 0 bridgehead atoms. The molecule has 0 fully saturated rings. The van der Waals surface area contributed by atoms with Crippen LogP contribution in [0.1, 0.15) is 54.1 Å².